The van der Waals surface area contributed by atoms with Gasteiger partial charge in [0.1, 0.15) is 23.8 Å². The third-order valence-electron chi connectivity index (χ3n) is 4.57. The number of nitrogens with zero attached hydrogens (tertiary/aromatic N) is 2. The Bertz CT molecular complexity index is 1320. The van der Waals surface area contributed by atoms with E-state index in [-0.39, 0.29) is 17.9 Å². The molecule has 2 aromatic carbocycles. The fourth-order valence-electron chi connectivity index (χ4n) is 3.07. The normalized spacial score (nSPS) is 10.6. The Morgan fingerprint density at radius 3 is 2.55 bits per heavy atom. The molecule has 0 saturated heterocycles. The van der Waals surface area contributed by atoms with E-state index >= 15 is 0 Å². The second-order valence-corrected chi connectivity index (χ2v) is 6.81. The molecule has 0 atom stereocenters. The number of rotatable bonds is 5. The van der Waals surface area contributed by atoms with Crippen molar-refractivity contribution in [2.75, 3.05) is 10.6 Å². The van der Waals surface area contributed by atoms with Gasteiger partial charge in [0.15, 0.2) is 0 Å². The summed E-state index contributed by atoms with van der Waals surface area (Å²) in [5.41, 5.74) is 2.14. The number of aromatic nitrogens is 2. The van der Waals surface area contributed by atoms with Crippen molar-refractivity contribution in [3.05, 3.63) is 100 Å². The number of hydrogen-bond acceptors (Lipinski definition) is 4. The molecule has 0 aliphatic carbocycles. The van der Waals surface area contributed by atoms with Gasteiger partial charge in [0.2, 0.25) is 0 Å². The van der Waals surface area contributed by atoms with Crippen molar-refractivity contribution in [3.8, 4) is 5.75 Å². The van der Waals surface area contributed by atoms with Crippen LogP contribution >= 0.6 is 0 Å². The summed E-state index contributed by atoms with van der Waals surface area (Å²) in [7, 11) is 0. The maximum Gasteiger partial charge on any atom is 0.323 e. The predicted molar refractivity (Wildman–Crippen MR) is 116 cm³/mol. The number of carbonyl (C=O) groups is 1. The molecule has 0 unspecified atom stereocenters. The van der Waals surface area contributed by atoms with Gasteiger partial charge in [0.25, 0.3) is 5.56 Å². The van der Waals surface area contributed by atoms with Crippen molar-refractivity contribution in [2.24, 2.45) is 0 Å². The van der Waals surface area contributed by atoms with Crippen LogP contribution in [0.3, 0.4) is 0 Å². The lowest BCUT2D eigenvalue weighted by molar-refractivity contribution is 0.261. The summed E-state index contributed by atoms with van der Waals surface area (Å²) in [6, 6.07) is 17.2. The van der Waals surface area contributed by atoms with E-state index in [1.807, 2.05) is 13.0 Å². The quantitative estimate of drug-likeness (QED) is 0.504. The van der Waals surface area contributed by atoms with Crippen LogP contribution in [0, 0.1) is 12.7 Å². The number of benzene rings is 2. The van der Waals surface area contributed by atoms with E-state index in [0.29, 0.717) is 22.8 Å². The number of halogens is 1. The number of nitrogens with one attached hydrogen (secondary N) is 2. The molecule has 2 aromatic heterocycles. The van der Waals surface area contributed by atoms with Crippen molar-refractivity contribution in [1.29, 1.82) is 0 Å². The largest absolute Gasteiger partial charge is 0.485 e. The molecule has 8 heteroatoms. The molecule has 7 nitrogen and oxygen atoms in total. The Morgan fingerprint density at radius 2 is 1.74 bits per heavy atom. The van der Waals surface area contributed by atoms with Crippen molar-refractivity contribution in [2.45, 2.75) is 13.5 Å². The summed E-state index contributed by atoms with van der Waals surface area (Å²) >= 11 is 0. The molecule has 0 spiro atoms. The first-order valence-corrected chi connectivity index (χ1v) is 9.53. The van der Waals surface area contributed by atoms with Crippen LogP contribution in [0.5, 0.6) is 5.75 Å². The average Bonchev–Trinajstić information content (AvgIpc) is 2.75. The van der Waals surface area contributed by atoms with E-state index in [9.17, 15) is 14.0 Å². The number of amides is 2. The van der Waals surface area contributed by atoms with Gasteiger partial charge in [-0.1, -0.05) is 30.3 Å². The zero-order chi connectivity index (χ0) is 21.8. The molecule has 4 rings (SSSR count). The highest BCUT2D eigenvalue weighted by atomic mass is 19.1. The monoisotopic (exact) mass is 418 g/mol. The van der Waals surface area contributed by atoms with Crippen LogP contribution < -0.4 is 20.9 Å². The minimum Gasteiger partial charge on any atom is -0.485 e. The maximum atomic E-state index is 13.7. The molecular formula is C23H19FN4O3. The molecule has 4 aromatic rings. The van der Waals surface area contributed by atoms with Gasteiger partial charge in [0.05, 0.1) is 17.1 Å². The van der Waals surface area contributed by atoms with Gasteiger partial charge in [-0.05, 0) is 42.8 Å². The second kappa shape index (κ2) is 8.66. The summed E-state index contributed by atoms with van der Waals surface area (Å²) in [5.74, 6) is -0.149. The summed E-state index contributed by atoms with van der Waals surface area (Å²) in [5, 5.41) is 5.10. The summed E-state index contributed by atoms with van der Waals surface area (Å²) in [6.07, 6.45) is 1.66. The number of carbonyl (C=O) groups excluding carboxylic acids is 1. The van der Waals surface area contributed by atoms with E-state index < -0.39 is 11.8 Å². The van der Waals surface area contributed by atoms with Gasteiger partial charge in [-0.3, -0.25) is 9.20 Å². The number of pyridine rings is 1. The first kappa shape index (κ1) is 20.1. The van der Waals surface area contributed by atoms with Crippen LogP contribution in [0.2, 0.25) is 0 Å². The smallest absolute Gasteiger partial charge is 0.323 e. The zero-order valence-electron chi connectivity index (χ0n) is 16.6. The molecule has 156 valence electrons. The van der Waals surface area contributed by atoms with E-state index in [2.05, 4.69) is 15.6 Å². The standard InChI is InChI=1S/C23H19FN4O3/c1-15-7-6-12-28-21(29)13-16(25-22(15)28)14-31-20-11-5-4-10-19(20)27-23(30)26-18-9-3-2-8-17(18)24/h2-13H,14H2,1H3,(H2,26,27,30). The van der Waals surface area contributed by atoms with Gasteiger partial charge in [-0.2, -0.15) is 0 Å². The molecule has 2 amide bonds. The molecule has 2 N–H and O–H groups in total. The lowest BCUT2D eigenvalue weighted by atomic mass is 10.2. The number of urea groups is 1. The lowest BCUT2D eigenvalue weighted by Crippen LogP contribution is -2.20. The van der Waals surface area contributed by atoms with Crippen LogP contribution in [0.15, 0.2) is 77.7 Å². The Labute approximate surface area is 177 Å². The highest BCUT2D eigenvalue weighted by Crippen LogP contribution is 2.25. The van der Waals surface area contributed by atoms with Gasteiger partial charge in [0, 0.05) is 12.3 Å². The van der Waals surface area contributed by atoms with E-state index in [0.717, 1.165) is 5.56 Å². The Hall–Kier alpha value is -4.20. The van der Waals surface area contributed by atoms with Gasteiger partial charge < -0.3 is 15.4 Å². The van der Waals surface area contributed by atoms with Crippen LogP contribution in [0.25, 0.3) is 5.65 Å². The lowest BCUT2D eigenvalue weighted by Gasteiger charge is -2.13. The molecule has 0 aliphatic rings. The number of ether oxygens (including phenoxy) is 1. The highest BCUT2D eigenvalue weighted by Gasteiger charge is 2.11. The van der Waals surface area contributed by atoms with E-state index in [1.165, 1.54) is 28.7 Å². The van der Waals surface area contributed by atoms with Gasteiger partial charge in [-0.15, -0.1) is 0 Å². The first-order chi connectivity index (χ1) is 15.0. The van der Waals surface area contributed by atoms with Gasteiger partial charge >= 0.3 is 6.03 Å². The minimum absolute atomic E-state index is 0.0354. The highest BCUT2D eigenvalue weighted by molar-refractivity contribution is 6.00. The third-order valence-corrected chi connectivity index (χ3v) is 4.57. The number of hydrogen-bond donors (Lipinski definition) is 2. The van der Waals surface area contributed by atoms with E-state index in [1.54, 1.807) is 42.6 Å². The van der Waals surface area contributed by atoms with Crippen molar-refractivity contribution >= 4 is 23.1 Å². The third kappa shape index (κ3) is 4.53. The fourth-order valence-corrected chi connectivity index (χ4v) is 3.07. The Kier molecular flexibility index (Phi) is 5.61. The summed E-state index contributed by atoms with van der Waals surface area (Å²) in [6.45, 7) is 1.91. The second-order valence-electron chi connectivity index (χ2n) is 6.81. The van der Waals surface area contributed by atoms with Crippen molar-refractivity contribution in [3.63, 3.8) is 0 Å². The average molecular weight is 418 g/mol. The molecule has 2 heterocycles. The Balaban J connectivity index is 1.50. The maximum absolute atomic E-state index is 13.7. The summed E-state index contributed by atoms with van der Waals surface area (Å²) < 4.78 is 21.0. The van der Waals surface area contributed by atoms with Gasteiger partial charge in [-0.25, -0.2) is 14.2 Å². The van der Waals surface area contributed by atoms with Crippen LogP contribution in [0.4, 0.5) is 20.6 Å². The van der Waals surface area contributed by atoms with Crippen LogP contribution in [-0.2, 0) is 6.61 Å². The molecule has 0 aliphatic heterocycles. The molecule has 31 heavy (non-hydrogen) atoms. The van der Waals surface area contributed by atoms with E-state index in [4.69, 9.17) is 4.74 Å². The molecule has 0 radical (unpaired) electrons. The van der Waals surface area contributed by atoms with Crippen molar-refractivity contribution < 1.29 is 13.9 Å². The Morgan fingerprint density at radius 1 is 1.03 bits per heavy atom. The van der Waals surface area contributed by atoms with Crippen LogP contribution in [0.1, 0.15) is 11.3 Å². The SMILES string of the molecule is Cc1cccn2c(=O)cc(COc3ccccc3NC(=O)Nc3ccccc3F)nc12. The molecule has 0 bridgehead atoms. The zero-order valence-corrected chi connectivity index (χ0v) is 16.6. The number of fused-ring (bicyclic) bond motifs is 1. The fraction of sp³-hybridized carbons (Fsp3) is 0.0870. The minimum atomic E-state index is -0.612. The molecule has 0 fully saturated rings. The molecule has 0 saturated carbocycles. The first-order valence-electron chi connectivity index (χ1n) is 9.53. The van der Waals surface area contributed by atoms with Crippen molar-refractivity contribution in [1.82, 2.24) is 9.38 Å². The number of aryl methyl sites for hydroxylation is 1. The van der Waals surface area contributed by atoms with Crippen LogP contribution in [-0.4, -0.2) is 15.4 Å². The molecular weight excluding hydrogens is 399 g/mol. The predicted octanol–water partition coefficient (Wildman–Crippen LogP) is 4.37. The number of para-hydroxylation sites is 3. The topological polar surface area (TPSA) is 84.7 Å². The summed E-state index contributed by atoms with van der Waals surface area (Å²) in [4.78, 5) is 29.1. The number of anilines is 2.